The highest BCUT2D eigenvalue weighted by Crippen LogP contribution is 2.08. The third kappa shape index (κ3) is 1.51. The predicted octanol–water partition coefficient (Wildman–Crippen LogP) is -0.816. The Hall–Kier alpha value is -2.05. The van der Waals surface area contributed by atoms with Gasteiger partial charge >= 0.3 is 6.03 Å². The Bertz CT molecular complexity index is 315. The molecule has 2 amide bonds. The van der Waals surface area contributed by atoms with Crippen molar-refractivity contribution in [3.8, 4) is 0 Å². The molecule has 0 spiro atoms. The van der Waals surface area contributed by atoms with Crippen LogP contribution in [0.25, 0.3) is 0 Å². The van der Waals surface area contributed by atoms with E-state index in [0.717, 1.165) is 0 Å². The summed E-state index contributed by atoms with van der Waals surface area (Å²) in [7, 11) is 0. The number of rotatable bonds is 2. The number of hydrogen-bond acceptors (Lipinski definition) is 3. The molecule has 0 saturated carbocycles. The lowest BCUT2D eigenvalue weighted by molar-refractivity contribution is 0.259. The van der Waals surface area contributed by atoms with Crippen molar-refractivity contribution in [2.45, 2.75) is 0 Å². The van der Waals surface area contributed by atoms with Gasteiger partial charge in [0.15, 0.2) is 0 Å². The van der Waals surface area contributed by atoms with E-state index in [1.807, 2.05) is 0 Å². The first-order chi connectivity index (χ1) is 5.61. The molecule has 0 aromatic carbocycles. The third-order valence-corrected chi connectivity index (χ3v) is 1.18. The number of aromatic amines is 1. The largest absolute Gasteiger partial charge is 0.384 e. The normalized spacial score (nSPS) is 9.33. The summed E-state index contributed by atoms with van der Waals surface area (Å²) in [6.45, 7) is 0. The van der Waals surface area contributed by atoms with Gasteiger partial charge in [-0.2, -0.15) is 5.10 Å². The van der Waals surface area contributed by atoms with Crippen LogP contribution in [0.15, 0.2) is 6.20 Å². The molecule has 0 aliphatic heterocycles. The molecule has 12 heavy (non-hydrogen) atoms. The van der Waals surface area contributed by atoms with Crippen molar-refractivity contribution < 1.29 is 4.79 Å². The molecule has 0 saturated heterocycles. The van der Waals surface area contributed by atoms with E-state index in [-0.39, 0.29) is 11.7 Å². The van der Waals surface area contributed by atoms with Gasteiger partial charge in [-0.3, -0.25) is 15.8 Å². The molecule has 0 radical (unpaired) electrons. The Morgan fingerprint density at radius 3 is 2.83 bits per heavy atom. The van der Waals surface area contributed by atoms with Crippen molar-refractivity contribution in [2.75, 3.05) is 5.32 Å². The summed E-state index contributed by atoms with van der Waals surface area (Å²) in [6.07, 6.45) is 1.33. The lowest BCUT2D eigenvalue weighted by atomic mass is 10.3. The minimum Gasteiger partial charge on any atom is -0.384 e. The van der Waals surface area contributed by atoms with Crippen LogP contribution >= 0.6 is 0 Å². The molecular formula is C5H8N6O. The highest BCUT2D eigenvalue weighted by molar-refractivity contribution is 6.02. The molecule has 0 bridgehead atoms. The maximum absolute atomic E-state index is 10.4. The van der Waals surface area contributed by atoms with Gasteiger partial charge in [-0.1, -0.05) is 0 Å². The number of amidine groups is 1. The second-order valence-corrected chi connectivity index (χ2v) is 2.06. The van der Waals surface area contributed by atoms with Crippen LogP contribution < -0.4 is 16.8 Å². The maximum atomic E-state index is 10.4. The molecule has 0 atom stereocenters. The number of amides is 2. The van der Waals surface area contributed by atoms with Crippen LogP contribution in [0.2, 0.25) is 0 Å². The highest BCUT2D eigenvalue weighted by atomic mass is 16.2. The van der Waals surface area contributed by atoms with Crippen LogP contribution in [0, 0.1) is 5.41 Å². The van der Waals surface area contributed by atoms with E-state index in [1.54, 1.807) is 0 Å². The second kappa shape index (κ2) is 2.91. The summed E-state index contributed by atoms with van der Waals surface area (Å²) >= 11 is 0. The van der Waals surface area contributed by atoms with Crippen LogP contribution in [-0.4, -0.2) is 22.1 Å². The minimum atomic E-state index is -0.734. The van der Waals surface area contributed by atoms with E-state index in [1.165, 1.54) is 6.20 Å². The average Bonchev–Trinajstić information content (AvgIpc) is 2.33. The molecule has 1 aromatic rings. The summed E-state index contributed by atoms with van der Waals surface area (Å²) in [5.74, 6) is 0.0440. The van der Waals surface area contributed by atoms with Crippen LogP contribution in [0.1, 0.15) is 5.56 Å². The van der Waals surface area contributed by atoms with Crippen LogP contribution in [0.4, 0.5) is 10.6 Å². The Morgan fingerprint density at radius 1 is 1.67 bits per heavy atom. The van der Waals surface area contributed by atoms with E-state index in [0.29, 0.717) is 5.56 Å². The molecule has 64 valence electrons. The molecule has 0 fully saturated rings. The number of primary amides is 1. The number of nitrogens with two attached hydrogens (primary N) is 2. The van der Waals surface area contributed by atoms with Crippen molar-refractivity contribution in [1.82, 2.24) is 10.2 Å². The van der Waals surface area contributed by atoms with Gasteiger partial charge in [-0.25, -0.2) is 4.79 Å². The molecule has 0 aliphatic carbocycles. The summed E-state index contributed by atoms with van der Waals surface area (Å²) in [5.41, 5.74) is 10.3. The number of aromatic nitrogens is 2. The number of nitrogens with zero attached hydrogens (tertiary/aromatic N) is 1. The number of carbonyl (C=O) groups excluding carboxylic acids is 1. The zero-order valence-electron chi connectivity index (χ0n) is 6.09. The summed E-state index contributed by atoms with van der Waals surface area (Å²) in [6, 6.07) is -0.734. The van der Waals surface area contributed by atoms with Crippen LogP contribution in [-0.2, 0) is 0 Å². The van der Waals surface area contributed by atoms with Crippen molar-refractivity contribution in [1.29, 1.82) is 5.41 Å². The summed E-state index contributed by atoms with van der Waals surface area (Å²) < 4.78 is 0. The predicted molar refractivity (Wildman–Crippen MR) is 42.8 cm³/mol. The molecule has 0 unspecified atom stereocenters. The molecule has 7 N–H and O–H groups in total. The Kier molecular flexibility index (Phi) is 1.95. The average molecular weight is 168 g/mol. The highest BCUT2D eigenvalue weighted by Gasteiger charge is 2.08. The molecule has 7 nitrogen and oxygen atoms in total. The maximum Gasteiger partial charge on any atom is 0.317 e. The number of anilines is 1. The van der Waals surface area contributed by atoms with Crippen molar-refractivity contribution in [3.63, 3.8) is 0 Å². The molecule has 1 rings (SSSR count). The van der Waals surface area contributed by atoms with E-state index in [4.69, 9.17) is 16.9 Å². The van der Waals surface area contributed by atoms with Gasteiger partial charge in [0.2, 0.25) is 0 Å². The number of nitrogens with one attached hydrogen (secondary N) is 3. The zero-order chi connectivity index (χ0) is 9.14. The number of nitrogen functional groups attached to an aromatic ring is 1. The van der Waals surface area contributed by atoms with Gasteiger partial charge < -0.3 is 11.5 Å². The third-order valence-electron chi connectivity index (χ3n) is 1.18. The lowest BCUT2D eigenvalue weighted by Gasteiger charge is -1.99. The summed E-state index contributed by atoms with van der Waals surface area (Å²) in [5, 5.41) is 15.3. The van der Waals surface area contributed by atoms with Crippen LogP contribution in [0.3, 0.4) is 0 Å². The lowest BCUT2D eigenvalue weighted by Crippen LogP contribution is -2.22. The Labute approximate surface area is 67.6 Å². The summed E-state index contributed by atoms with van der Waals surface area (Å²) in [4.78, 5) is 10.4. The van der Waals surface area contributed by atoms with Crippen molar-refractivity contribution >= 4 is 17.7 Å². The molecule has 1 heterocycles. The fourth-order valence-corrected chi connectivity index (χ4v) is 0.709. The fraction of sp³-hybridized carbons (Fsp3) is 0. The SMILES string of the molecule is N=C(N)c1cn[nH]c1NC(N)=O. The number of carbonyl (C=O) groups is 1. The molecule has 1 aromatic heterocycles. The van der Waals surface area contributed by atoms with Gasteiger partial charge in [0.05, 0.1) is 11.8 Å². The molecular weight excluding hydrogens is 160 g/mol. The van der Waals surface area contributed by atoms with E-state index < -0.39 is 6.03 Å². The van der Waals surface area contributed by atoms with Gasteiger partial charge in [0, 0.05) is 0 Å². The zero-order valence-corrected chi connectivity index (χ0v) is 6.09. The molecule has 7 heteroatoms. The smallest absolute Gasteiger partial charge is 0.317 e. The van der Waals surface area contributed by atoms with Gasteiger partial charge in [0.1, 0.15) is 11.7 Å². The first kappa shape index (κ1) is 8.05. The van der Waals surface area contributed by atoms with E-state index >= 15 is 0 Å². The second-order valence-electron chi connectivity index (χ2n) is 2.06. The van der Waals surface area contributed by atoms with Crippen LogP contribution in [0.5, 0.6) is 0 Å². The standard InChI is InChI=1S/C5H8N6O/c6-3(7)2-1-9-11-4(2)10-5(8)12/h1H,(H3,6,7)(H4,8,9,10,11,12). The number of hydrogen-bond donors (Lipinski definition) is 5. The van der Waals surface area contributed by atoms with Gasteiger partial charge in [-0.05, 0) is 0 Å². The van der Waals surface area contributed by atoms with E-state index in [2.05, 4.69) is 15.5 Å². The first-order valence-corrected chi connectivity index (χ1v) is 3.05. The van der Waals surface area contributed by atoms with Gasteiger partial charge in [-0.15, -0.1) is 0 Å². The first-order valence-electron chi connectivity index (χ1n) is 3.05. The van der Waals surface area contributed by atoms with E-state index in [9.17, 15) is 4.79 Å². The minimum absolute atomic E-state index is 0.187. The Balaban J connectivity index is 2.91. The Morgan fingerprint density at radius 2 is 2.33 bits per heavy atom. The topological polar surface area (TPSA) is 134 Å². The quantitative estimate of drug-likeness (QED) is 0.292. The number of urea groups is 1. The fourth-order valence-electron chi connectivity index (χ4n) is 0.709. The monoisotopic (exact) mass is 168 g/mol. The van der Waals surface area contributed by atoms with Crippen molar-refractivity contribution in [3.05, 3.63) is 11.8 Å². The van der Waals surface area contributed by atoms with Crippen molar-refractivity contribution in [2.24, 2.45) is 11.5 Å². The molecule has 0 aliphatic rings. The van der Waals surface area contributed by atoms with Gasteiger partial charge in [0.25, 0.3) is 0 Å². The number of H-pyrrole nitrogens is 1.